The maximum absolute atomic E-state index is 13.1. The number of hydrazone groups is 1. The number of anilines is 2. The van der Waals surface area contributed by atoms with E-state index < -0.39 is 39.9 Å². The van der Waals surface area contributed by atoms with Crippen LogP contribution >= 0.6 is 11.6 Å². The molecule has 2 rings (SSSR count). The van der Waals surface area contributed by atoms with Gasteiger partial charge in [0.1, 0.15) is 6.54 Å². The summed E-state index contributed by atoms with van der Waals surface area (Å²) in [6, 6.07) is 8.70. The molecule has 0 aromatic heterocycles. The molecule has 178 valence electrons. The number of carbonyl (C=O) groups excluding carboxylic acids is 2. The Morgan fingerprint density at radius 2 is 1.70 bits per heavy atom. The fraction of sp³-hybridized carbons (Fsp3) is 0.250. The lowest BCUT2D eigenvalue weighted by Crippen LogP contribution is -2.39. The van der Waals surface area contributed by atoms with Crippen LogP contribution in [0.5, 0.6) is 0 Å². The van der Waals surface area contributed by atoms with Crippen molar-refractivity contribution in [3.05, 3.63) is 58.6 Å². The van der Waals surface area contributed by atoms with Gasteiger partial charge in [-0.05, 0) is 42.8 Å². The molecule has 0 atom stereocenters. The Hall–Kier alpha value is -3.12. The highest BCUT2D eigenvalue weighted by atomic mass is 35.5. The number of amides is 2. The van der Waals surface area contributed by atoms with E-state index in [4.69, 9.17) is 11.6 Å². The van der Waals surface area contributed by atoms with Gasteiger partial charge in [-0.1, -0.05) is 23.7 Å². The molecule has 0 aliphatic rings. The van der Waals surface area contributed by atoms with E-state index in [1.165, 1.54) is 6.92 Å². The summed E-state index contributed by atoms with van der Waals surface area (Å²) < 4.78 is 64.0. The van der Waals surface area contributed by atoms with E-state index in [-0.39, 0.29) is 10.9 Å². The Balaban J connectivity index is 2.21. The van der Waals surface area contributed by atoms with Crippen molar-refractivity contribution < 1.29 is 31.2 Å². The fourth-order valence-electron chi connectivity index (χ4n) is 2.64. The van der Waals surface area contributed by atoms with Crippen molar-refractivity contribution in [1.82, 2.24) is 5.43 Å². The highest BCUT2D eigenvalue weighted by Crippen LogP contribution is 2.36. The second-order valence-corrected chi connectivity index (χ2v) is 9.24. The number of benzene rings is 2. The largest absolute Gasteiger partial charge is 0.416 e. The molecule has 2 amide bonds. The van der Waals surface area contributed by atoms with Gasteiger partial charge in [0.15, 0.2) is 0 Å². The molecule has 0 saturated carbocycles. The molecule has 13 heteroatoms. The molecule has 0 fully saturated rings. The van der Waals surface area contributed by atoms with Gasteiger partial charge < -0.3 is 5.32 Å². The summed E-state index contributed by atoms with van der Waals surface area (Å²) in [7, 11) is -4.17. The molecular formula is C20H20ClF3N4O4S. The first kappa shape index (κ1) is 26.1. The zero-order chi connectivity index (χ0) is 25.0. The zero-order valence-corrected chi connectivity index (χ0v) is 19.3. The van der Waals surface area contributed by atoms with Crippen LogP contribution in [0.4, 0.5) is 24.5 Å². The monoisotopic (exact) mass is 504 g/mol. The second kappa shape index (κ2) is 10.2. The van der Waals surface area contributed by atoms with E-state index in [1.807, 2.05) is 0 Å². The normalized spacial score (nSPS) is 12.3. The molecule has 0 heterocycles. The van der Waals surface area contributed by atoms with E-state index in [0.717, 1.165) is 12.3 Å². The van der Waals surface area contributed by atoms with Crippen LogP contribution in [-0.4, -0.2) is 38.7 Å². The van der Waals surface area contributed by atoms with Crippen LogP contribution in [-0.2, 0) is 25.8 Å². The fourth-order valence-corrected chi connectivity index (χ4v) is 3.77. The average molecular weight is 505 g/mol. The van der Waals surface area contributed by atoms with Crippen LogP contribution in [0.15, 0.2) is 47.6 Å². The van der Waals surface area contributed by atoms with Crippen molar-refractivity contribution in [1.29, 1.82) is 0 Å². The lowest BCUT2D eigenvalue weighted by Gasteiger charge is -2.23. The highest BCUT2D eigenvalue weighted by Gasteiger charge is 2.33. The van der Waals surface area contributed by atoms with Crippen LogP contribution in [0.2, 0.25) is 5.02 Å². The van der Waals surface area contributed by atoms with Crippen LogP contribution in [0.25, 0.3) is 0 Å². The van der Waals surface area contributed by atoms with Crippen LogP contribution in [0.1, 0.15) is 25.0 Å². The molecule has 0 spiro atoms. The molecule has 0 bridgehead atoms. The lowest BCUT2D eigenvalue weighted by molar-refractivity contribution is -0.137. The quantitative estimate of drug-likeness (QED) is 0.443. The smallest absolute Gasteiger partial charge is 0.326 e. The van der Waals surface area contributed by atoms with Crippen LogP contribution in [0.3, 0.4) is 0 Å². The van der Waals surface area contributed by atoms with Crippen molar-refractivity contribution in [2.24, 2.45) is 5.10 Å². The third-order valence-corrected chi connectivity index (χ3v) is 5.65. The maximum Gasteiger partial charge on any atom is 0.416 e. The number of rotatable bonds is 7. The molecule has 2 aromatic carbocycles. The molecule has 0 saturated heterocycles. The summed E-state index contributed by atoms with van der Waals surface area (Å²) in [5, 5.41) is 6.21. The third kappa shape index (κ3) is 7.46. The minimum absolute atomic E-state index is 0.239. The standard InChI is InChI=1S/C20H20ClF3N4O4S/c1-12(14-4-7-16(8-5-14)25-13(2)29)26-27-19(30)11-28(33(3,31)32)18-10-15(20(22,23)24)6-9-17(18)21/h4-10H,11H2,1-3H3,(H,25,29)(H,27,30)/b26-12-. The van der Waals surface area contributed by atoms with Gasteiger partial charge in [-0.3, -0.25) is 13.9 Å². The number of hydrogen-bond acceptors (Lipinski definition) is 5. The zero-order valence-electron chi connectivity index (χ0n) is 17.7. The van der Waals surface area contributed by atoms with Gasteiger partial charge in [0.2, 0.25) is 15.9 Å². The van der Waals surface area contributed by atoms with E-state index in [0.29, 0.717) is 33.4 Å². The molecule has 0 aliphatic heterocycles. The third-order valence-electron chi connectivity index (χ3n) is 4.20. The molecule has 2 N–H and O–H groups in total. The van der Waals surface area contributed by atoms with Crippen LogP contribution in [0, 0.1) is 0 Å². The molecule has 0 unspecified atom stereocenters. The van der Waals surface area contributed by atoms with Crippen molar-refractivity contribution in [3.8, 4) is 0 Å². The van der Waals surface area contributed by atoms with Gasteiger partial charge in [0.05, 0.1) is 28.2 Å². The molecule has 33 heavy (non-hydrogen) atoms. The van der Waals surface area contributed by atoms with Gasteiger partial charge in [-0.25, -0.2) is 13.8 Å². The Labute approximate surface area is 193 Å². The van der Waals surface area contributed by atoms with Crippen LogP contribution < -0.4 is 15.0 Å². The van der Waals surface area contributed by atoms with Gasteiger partial charge in [-0.2, -0.15) is 18.3 Å². The minimum atomic E-state index is -4.73. The number of alkyl halides is 3. The highest BCUT2D eigenvalue weighted by molar-refractivity contribution is 7.92. The Kier molecular flexibility index (Phi) is 8.09. The Morgan fingerprint density at radius 1 is 1.09 bits per heavy atom. The number of halogens is 4. The van der Waals surface area contributed by atoms with Crippen molar-refractivity contribution >= 4 is 50.5 Å². The van der Waals surface area contributed by atoms with Crippen molar-refractivity contribution in [2.75, 3.05) is 22.4 Å². The van der Waals surface area contributed by atoms with E-state index >= 15 is 0 Å². The van der Waals surface area contributed by atoms with E-state index in [1.54, 1.807) is 31.2 Å². The number of hydrogen-bond donors (Lipinski definition) is 2. The summed E-state index contributed by atoms with van der Waals surface area (Å²) in [4.78, 5) is 23.4. The summed E-state index contributed by atoms with van der Waals surface area (Å²) >= 11 is 5.92. The summed E-state index contributed by atoms with van der Waals surface area (Å²) in [5.74, 6) is -1.14. The first-order valence-electron chi connectivity index (χ1n) is 9.24. The molecule has 8 nitrogen and oxygen atoms in total. The molecule has 2 aromatic rings. The van der Waals surface area contributed by atoms with Gasteiger partial charge >= 0.3 is 6.18 Å². The first-order chi connectivity index (χ1) is 15.2. The second-order valence-electron chi connectivity index (χ2n) is 6.92. The lowest BCUT2D eigenvalue weighted by atomic mass is 10.1. The van der Waals surface area contributed by atoms with E-state index in [2.05, 4.69) is 15.8 Å². The summed E-state index contributed by atoms with van der Waals surface area (Å²) in [5.41, 5.74) is 2.09. The molecule has 0 radical (unpaired) electrons. The first-order valence-corrected chi connectivity index (χ1v) is 11.5. The Bertz CT molecular complexity index is 1180. The van der Waals surface area contributed by atoms with Gasteiger partial charge in [-0.15, -0.1) is 0 Å². The average Bonchev–Trinajstić information content (AvgIpc) is 2.69. The van der Waals surface area contributed by atoms with Crippen molar-refractivity contribution in [2.45, 2.75) is 20.0 Å². The van der Waals surface area contributed by atoms with Gasteiger partial charge in [0.25, 0.3) is 5.91 Å². The predicted molar refractivity (Wildman–Crippen MR) is 120 cm³/mol. The molecule has 0 aliphatic carbocycles. The SMILES string of the molecule is CC(=O)Nc1ccc(/C(C)=N\NC(=O)CN(c2cc(C(F)(F)F)ccc2Cl)S(C)(=O)=O)cc1. The summed E-state index contributed by atoms with van der Waals surface area (Å²) in [6.45, 7) is 2.09. The van der Waals surface area contributed by atoms with E-state index in [9.17, 15) is 31.2 Å². The van der Waals surface area contributed by atoms with Crippen molar-refractivity contribution in [3.63, 3.8) is 0 Å². The summed E-state index contributed by atoms with van der Waals surface area (Å²) in [6.07, 6.45) is -4.00. The Morgan fingerprint density at radius 3 is 2.21 bits per heavy atom. The number of nitrogens with zero attached hydrogens (tertiary/aromatic N) is 2. The number of carbonyl (C=O) groups is 2. The number of nitrogens with one attached hydrogen (secondary N) is 2. The topological polar surface area (TPSA) is 108 Å². The van der Waals surface area contributed by atoms with Gasteiger partial charge in [0, 0.05) is 12.6 Å². The minimum Gasteiger partial charge on any atom is -0.326 e. The number of sulfonamides is 1. The predicted octanol–water partition coefficient (Wildman–Crippen LogP) is 3.62. The maximum atomic E-state index is 13.1. The molecular weight excluding hydrogens is 485 g/mol.